The third kappa shape index (κ3) is 4.04. The average molecular weight is 316 g/mol. The van der Waals surface area contributed by atoms with Gasteiger partial charge in [0.05, 0.1) is 5.75 Å². The van der Waals surface area contributed by atoms with Crippen molar-refractivity contribution < 1.29 is 8.42 Å². The van der Waals surface area contributed by atoms with Gasteiger partial charge in [0.25, 0.3) is 0 Å². The molecule has 2 rings (SSSR count). The highest BCUT2D eigenvalue weighted by Gasteiger charge is 2.26. The van der Waals surface area contributed by atoms with Crippen LogP contribution in [0.2, 0.25) is 0 Å². The minimum atomic E-state index is -3.00. The van der Waals surface area contributed by atoms with E-state index in [2.05, 4.69) is 24.4 Å². The molecule has 4 nitrogen and oxygen atoms in total. The number of aryl methyl sites for hydroxylation is 1. The summed E-state index contributed by atoms with van der Waals surface area (Å²) in [7, 11) is -3.00. The van der Waals surface area contributed by atoms with E-state index >= 15 is 0 Å². The number of hydrogen-bond acceptors (Lipinski definition) is 4. The fourth-order valence-electron chi connectivity index (χ4n) is 2.47. The second kappa shape index (κ2) is 7.02. The standard InChI is InChI=1S/C14H24N2O2S2/c1-3-13-5-6-14(19-13)11-15-12-7-9-16(10-8-12)20(17,18)4-2/h5-6,12,15H,3-4,7-11H2,1-2H3. The summed E-state index contributed by atoms with van der Waals surface area (Å²) in [5.41, 5.74) is 0. The van der Waals surface area contributed by atoms with Crippen molar-refractivity contribution in [3.05, 3.63) is 21.9 Å². The van der Waals surface area contributed by atoms with E-state index in [0.29, 0.717) is 19.1 Å². The molecule has 1 aromatic rings. The molecule has 6 heteroatoms. The molecule has 0 bridgehead atoms. The Kier molecular flexibility index (Phi) is 5.60. The zero-order valence-electron chi connectivity index (χ0n) is 12.3. The van der Waals surface area contributed by atoms with E-state index in [1.165, 1.54) is 9.75 Å². The van der Waals surface area contributed by atoms with Gasteiger partial charge in [-0.05, 0) is 38.3 Å². The van der Waals surface area contributed by atoms with Crippen LogP contribution in [0.1, 0.15) is 36.4 Å². The summed E-state index contributed by atoms with van der Waals surface area (Å²) in [6.07, 6.45) is 2.91. The molecule has 0 atom stereocenters. The van der Waals surface area contributed by atoms with Crippen LogP contribution in [0.3, 0.4) is 0 Å². The molecule has 0 saturated carbocycles. The Hall–Kier alpha value is -0.430. The Morgan fingerprint density at radius 3 is 2.45 bits per heavy atom. The van der Waals surface area contributed by atoms with Crippen molar-refractivity contribution in [2.24, 2.45) is 0 Å². The van der Waals surface area contributed by atoms with Gasteiger partial charge in [0.2, 0.25) is 10.0 Å². The summed E-state index contributed by atoms with van der Waals surface area (Å²) in [6.45, 7) is 6.08. The van der Waals surface area contributed by atoms with Gasteiger partial charge in [-0.1, -0.05) is 6.92 Å². The van der Waals surface area contributed by atoms with Crippen LogP contribution < -0.4 is 5.32 Å². The van der Waals surface area contributed by atoms with E-state index in [-0.39, 0.29) is 5.75 Å². The molecule has 1 fully saturated rings. The lowest BCUT2D eigenvalue weighted by Crippen LogP contribution is -2.45. The molecule has 20 heavy (non-hydrogen) atoms. The fraction of sp³-hybridized carbons (Fsp3) is 0.714. The molecule has 0 spiro atoms. The van der Waals surface area contributed by atoms with Crippen LogP contribution in [0.25, 0.3) is 0 Å². The number of thiophene rings is 1. The van der Waals surface area contributed by atoms with E-state index in [4.69, 9.17) is 0 Å². The lowest BCUT2D eigenvalue weighted by atomic mass is 10.1. The maximum Gasteiger partial charge on any atom is 0.213 e. The second-order valence-electron chi connectivity index (χ2n) is 5.18. The van der Waals surface area contributed by atoms with Crippen LogP contribution in [0.4, 0.5) is 0 Å². The van der Waals surface area contributed by atoms with Crippen molar-refractivity contribution >= 4 is 21.4 Å². The first-order valence-corrected chi connectivity index (χ1v) is 9.76. The van der Waals surface area contributed by atoms with Gasteiger partial charge < -0.3 is 5.32 Å². The largest absolute Gasteiger partial charge is 0.309 e. The quantitative estimate of drug-likeness (QED) is 0.875. The van der Waals surface area contributed by atoms with E-state index in [1.807, 2.05) is 11.3 Å². The minimum Gasteiger partial charge on any atom is -0.309 e. The number of rotatable bonds is 6. The maximum absolute atomic E-state index is 11.8. The van der Waals surface area contributed by atoms with E-state index < -0.39 is 10.0 Å². The Morgan fingerprint density at radius 2 is 1.90 bits per heavy atom. The van der Waals surface area contributed by atoms with Gasteiger partial charge in [0.1, 0.15) is 0 Å². The smallest absolute Gasteiger partial charge is 0.213 e. The average Bonchev–Trinajstić information content (AvgIpc) is 2.93. The van der Waals surface area contributed by atoms with Crippen molar-refractivity contribution in [2.45, 2.75) is 45.7 Å². The van der Waals surface area contributed by atoms with E-state index in [9.17, 15) is 8.42 Å². The van der Waals surface area contributed by atoms with Crippen molar-refractivity contribution in [1.29, 1.82) is 0 Å². The Bertz CT molecular complexity index is 517. The predicted molar refractivity (Wildman–Crippen MR) is 84.6 cm³/mol. The number of nitrogens with zero attached hydrogens (tertiary/aromatic N) is 1. The molecule has 1 aliphatic rings. The Balaban J connectivity index is 1.77. The van der Waals surface area contributed by atoms with Crippen LogP contribution in [0, 0.1) is 0 Å². The molecule has 1 N–H and O–H groups in total. The zero-order valence-corrected chi connectivity index (χ0v) is 13.9. The molecule has 2 heterocycles. The first kappa shape index (κ1) is 15.9. The van der Waals surface area contributed by atoms with Crippen LogP contribution in [0.5, 0.6) is 0 Å². The summed E-state index contributed by atoms with van der Waals surface area (Å²) < 4.78 is 25.2. The molecule has 0 unspecified atom stereocenters. The lowest BCUT2D eigenvalue weighted by Gasteiger charge is -2.31. The van der Waals surface area contributed by atoms with Crippen LogP contribution in [0.15, 0.2) is 12.1 Å². The van der Waals surface area contributed by atoms with Crippen molar-refractivity contribution in [3.8, 4) is 0 Å². The Morgan fingerprint density at radius 1 is 1.25 bits per heavy atom. The first-order chi connectivity index (χ1) is 9.55. The lowest BCUT2D eigenvalue weighted by molar-refractivity contribution is 0.289. The van der Waals surface area contributed by atoms with Crippen LogP contribution in [-0.2, 0) is 23.0 Å². The highest BCUT2D eigenvalue weighted by Crippen LogP contribution is 2.18. The number of sulfonamides is 1. The van der Waals surface area contributed by atoms with Crippen molar-refractivity contribution in [2.75, 3.05) is 18.8 Å². The topological polar surface area (TPSA) is 49.4 Å². The van der Waals surface area contributed by atoms with Gasteiger partial charge in [-0.25, -0.2) is 12.7 Å². The first-order valence-electron chi connectivity index (χ1n) is 7.34. The van der Waals surface area contributed by atoms with E-state index in [1.54, 1.807) is 11.2 Å². The van der Waals surface area contributed by atoms with Gasteiger partial charge in [0.15, 0.2) is 0 Å². The van der Waals surface area contributed by atoms with Crippen molar-refractivity contribution in [1.82, 2.24) is 9.62 Å². The summed E-state index contributed by atoms with van der Waals surface area (Å²) >= 11 is 1.86. The number of hydrogen-bond donors (Lipinski definition) is 1. The molecule has 114 valence electrons. The normalized spacial score (nSPS) is 18.5. The molecule has 1 saturated heterocycles. The molecule has 0 aliphatic carbocycles. The minimum absolute atomic E-state index is 0.208. The number of nitrogens with one attached hydrogen (secondary N) is 1. The van der Waals surface area contributed by atoms with Gasteiger partial charge in [0, 0.05) is 35.4 Å². The SMILES string of the molecule is CCc1ccc(CNC2CCN(S(=O)(=O)CC)CC2)s1. The van der Waals surface area contributed by atoms with Gasteiger partial charge >= 0.3 is 0 Å². The third-order valence-corrected chi connectivity index (χ3v) is 6.95. The van der Waals surface area contributed by atoms with Gasteiger partial charge in [-0.15, -0.1) is 11.3 Å². The van der Waals surface area contributed by atoms with Crippen LogP contribution >= 0.6 is 11.3 Å². The molecule has 1 aromatic heterocycles. The van der Waals surface area contributed by atoms with Gasteiger partial charge in [-0.3, -0.25) is 0 Å². The zero-order chi connectivity index (χ0) is 14.6. The summed E-state index contributed by atoms with van der Waals surface area (Å²) in [4.78, 5) is 2.79. The highest BCUT2D eigenvalue weighted by molar-refractivity contribution is 7.89. The molecular weight excluding hydrogens is 292 g/mol. The van der Waals surface area contributed by atoms with Gasteiger partial charge in [-0.2, -0.15) is 0 Å². The molecule has 0 amide bonds. The molecule has 0 radical (unpaired) electrons. The predicted octanol–water partition coefficient (Wildman–Crippen LogP) is 2.21. The van der Waals surface area contributed by atoms with Crippen molar-refractivity contribution in [3.63, 3.8) is 0 Å². The fourth-order valence-corrected chi connectivity index (χ4v) is 4.51. The molecule has 1 aliphatic heterocycles. The highest BCUT2D eigenvalue weighted by atomic mass is 32.2. The van der Waals surface area contributed by atoms with Crippen LogP contribution in [-0.4, -0.2) is 37.6 Å². The third-order valence-electron chi connectivity index (χ3n) is 3.84. The molecular formula is C14H24N2O2S2. The summed E-state index contributed by atoms with van der Waals surface area (Å²) in [5.74, 6) is 0.208. The Labute approximate surface area is 126 Å². The number of piperidine rings is 1. The summed E-state index contributed by atoms with van der Waals surface area (Å²) in [6, 6.07) is 4.82. The molecule has 0 aromatic carbocycles. The second-order valence-corrected chi connectivity index (χ2v) is 8.69. The maximum atomic E-state index is 11.8. The monoisotopic (exact) mass is 316 g/mol. The van der Waals surface area contributed by atoms with E-state index in [0.717, 1.165) is 25.8 Å². The summed E-state index contributed by atoms with van der Waals surface area (Å²) in [5, 5.41) is 3.55.